The first-order chi connectivity index (χ1) is 11.7. The molecule has 25 heavy (non-hydrogen) atoms. The van der Waals surface area contributed by atoms with E-state index in [0.717, 1.165) is 22.0 Å². The molecule has 0 aliphatic carbocycles. The Bertz CT molecular complexity index is 922. The molecule has 1 heterocycles. The van der Waals surface area contributed by atoms with Crippen LogP contribution in [0.2, 0.25) is 0 Å². The van der Waals surface area contributed by atoms with Gasteiger partial charge < -0.3 is 15.2 Å². The summed E-state index contributed by atoms with van der Waals surface area (Å²) < 4.78 is 10.9. The Morgan fingerprint density at radius 3 is 2.68 bits per heavy atom. The molecule has 5 nitrogen and oxygen atoms in total. The Kier molecular flexibility index (Phi) is 6.18. The molecule has 0 spiro atoms. The minimum Gasteiger partial charge on any atom is -0.490 e. The lowest BCUT2D eigenvalue weighted by Crippen LogP contribution is -2.06. The van der Waals surface area contributed by atoms with Gasteiger partial charge in [-0.2, -0.15) is 0 Å². The van der Waals surface area contributed by atoms with E-state index in [2.05, 4.69) is 15.9 Å². The maximum Gasteiger partial charge on any atom is 0.221 e. The summed E-state index contributed by atoms with van der Waals surface area (Å²) in [7, 11) is 1.63. The van der Waals surface area contributed by atoms with Crippen molar-refractivity contribution in [1.82, 2.24) is 9.97 Å². The number of rotatable bonds is 5. The van der Waals surface area contributed by atoms with Crippen LogP contribution in [0.15, 0.2) is 42.5 Å². The summed E-state index contributed by atoms with van der Waals surface area (Å²) in [6, 6.07) is 13.2. The largest absolute Gasteiger partial charge is 0.490 e. The fourth-order valence-corrected chi connectivity index (χ4v) is 2.49. The highest BCUT2D eigenvalue weighted by Gasteiger charge is 2.14. The molecule has 2 N–H and O–H groups in total. The number of hydrogen-bond donors (Lipinski definition) is 1. The summed E-state index contributed by atoms with van der Waals surface area (Å²) >= 11 is 0. The second-order valence-corrected chi connectivity index (χ2v) is 5.15. The number of nitrogen functional groups attached to an aromatic ring is 1. The van der Waals surface area contributed by atoms with Crippen LogP contribution in [-0.4, -0.2) is 30.3 Å². The predicted octanol–water partition coefficient (Wildman–Crippen LogP) is 3.31. The first kappa shape index (κ1) is 18.5. The number of aromatic nitrogens is 2. The van der Waals surface area contributed by atoms with Gasteiger partial charge in [0.1, 0.15) is 12.4 Å². The molecular formula is C19H18ClN3O2. The lowest BCUT2D eigenvalue weighted by Gasteiger charge is -2.13. The molecule has 0 atom stereocenters. The molecule has 0 bridgehead atoms. The molecule has 0 saturated heterocycles. The number of fused-ring (bicyclic) bond motifs is 1. The SMILES string of the molecule is C#Cc1cccc(-c2nc(N)nc3cccc(OCCOC)c23)c1.Cl. The van der Waals surface area contributed by atoms with Gasteiger partial charge in [-0.3, -0.25) is 0 Å². The third-order valence-electron chi connectivity index (χ3n) is 3.55. The second-order valence-electron chi connectivity index (χ2n) is 5.15. The lowest BCUT2D eigenvalue weighted by molar-refractivity contribution is 0.147. The monoisotopic (exact) mass is 355 g/mol. The first-order valence-corrected chi connectivity index (χ1v) is 7.48. The molecule has 0 unspecified atom stereocenters. The van der Waals surface area contributed by atoms with E-state index in [-0.39, 0.29) is 18.4 Å². The van der Waals surface area contributed by atoms with Crippen molar-refractivity contribution in [2.75, 3.05) is 26.1 Å². The molecule has 0 saturated carbocycles. The zero-order chi connectivity index (χ0) is 16.9. The predicted molar refractivity (Wildman–Crippen MR) is 102 cm³/mol. The van der Waals surface area contributed by atoms with Crippen LogP contribution in [0.4, 0.5) is 5.95 Å². The van der Waals surface area contributed by atoms with Gasteiger partial charge in [0.15, 0.2) is 0 Å². The topological polar surface area (TPSA) is 70.3 Å². The van der Waals surface area contributed by atoms with Crippen LogP contribution in [0.5, 0.6) is 5.75 Å². The highest BCUT2D eigenvalue weighted by Crippen LogP contribution is 2.34. The van der Waals surface area contributed by atoms with Crippen molar-refractivity contribution in [3.8, 4) is 29.4 Å². The summed E-state index contributed by atoms with van der Waals surface area (Å²) in [5, 5.41) is 0.803. The van der Waals surface area contributed by atoms with E-state index in [4.69, 9.17) is 21.6 Å². The average Bonchev–Trinajstić information content (AvgIpc) is 2.61. The molecular weight excluding hydrogens is 338 g/mol. The third kappa shape index (κ3) is 4.00. The molecule has 0 aliphatic rings. The molecule has 2 aromatic carbocycles. The normalized spacial score (nSPS) is 10.1. The van der Waals surface area contributed by atoms with Crippen molar-refractivity contribution in [2.24, 2.45) is 0 Å². The zero-order valence-electron chi connectivity index (χ0n) is 13.7. The van der Waals surface area contributed by atoms with Gasteiger partial charge >= 0.3 is 0 Å². The molecule has 1 aromatic heterocycles. The van der Waals surface area contributed by atoms with Crippen LogP contribution in [0, 0.1) is 12.3 Å². The number of anilines is 1. The van der Waals surface area contributed by atoms with E-state index in [1.54, 1.807) is 7.11 Å². The number of benzene rings is 2. The Hall–Kier alpha value is -2.81. The summed E-state index contributed by atoms with van der Waals surface area (Å²) in [6.45, 7) is 0.929. The van der Waals surface area contributed by atoms with Gasteiger partial charge in [-0.15, -0.1) is 18.8 Å². The Balaban J connectivity index is 0.00000225. The van der Waals surface area contributed by atoms with Crippen molar-refractivity contribution in [3.05, 3.63) is 48.0 Å². The zero-order valence-corrected chi connectivity index (χ0v) is 14.5. The van der Waals surface area contributed by atoms with Gasteiger partial charge in [0.05, 0.1) is 23.2 Å². The van der Waals surface area contributed by atoms with Crippen molar-refractivity contribution in [3.63, 3.8) is 0 Å². The van der Waals surface area contributed by atoms with E-state index in [0.29, 0.717) is 24.7 Å². The molecule has 6 heteroatoms. The summed E-state index contributed by atoms with van der Waals surface area (Å²) in [4.78, 5) is 8.73. The molecule has 128 valence electrons. The van der Waals surface area contributed by atoms with Crippen LogP contribution in [0.1, 0.15) is 5.56 Å². The van der Waals surface area contributed by atoms with E-state index in [1.165, 1.54) is 0 Å². The Labute approximate surface area is 152 Å². The maximum atomic E-state index is 5.88. The van der Waals surface area contributed by atoms with Gasteiger partial charge in [-0.1, -0.05) is 24.1 Å². The lowest BCUT2D eigenvalue weighted by atomic mass is 10.0. The third-order valence-corrected chi connectivity index (χ3v) is 3.55. The van der Waals surface area contributed by atoms with Gasteiger partial charge in [0.25, 0.3) is 0 Å². The average molecular weight is 356 g/mol. The Morgan fingerprint density at radius 2 is 1.92 bits per heavy atom. The number of methoxy groups -OCH3 is 1. The van der Waals surface area contributed by atoms with Crippen molar-refractivity contribution < 1.29 is 9.47 Å². The van der Waals surface area contributed by atoms with E-state index >= 15 is 0 Å². The first-order valence-electron chi connectivity index (χ1n) is 7.48. The number of hydrogen-bond acceptors (Lipinski definition) is 5. The fraction of sp³-hybridized carbons (Fsp3) is 0.158. The standard InChI is InChI=1S/C19H17N3O2.ClH/c1-3-13-6-4-7-14(12-13)18-17-15(21-19(20)22-18)8-5-9-16(17)24-11-10-23-2;/h1,4-9,12H,10-11H2,2H3,(H2,20,21,22);1H. The summed E-state index contributed by atoms with van der Waals surface area (Å²) in [6.07, 6.45) is 5.50. The van der Waals surface area contributed by atoms with Gasteiger partial charge in [-0.25, -0.2) is 9.97 Å². The van der Waals surface area contributed by atoms with Crippen molar-refractivity contribution >= 4 is 29.3 Å². The van der Waals surface area contributed by atoms with Crippen LogP contribution < -0.4 is 10.5 Å². The van der Waals surface area contributed by atoms with Crippen LogP contribution in [0.3, 0.4) is 0 Å². The number of ether oxygens (including phenoxy) is 2. The summed E-state index contributed by atoms with van der Waals surface area (Å²) in [5.41, 5.74) is 8.94. The number of nitrogens with zero attached hydrogens (tertiary/aromatic N) is 2. The number of halogens is 1. The minimum atomic E-state index is 0. The molecule has 0 radical (unpaired) electrons. The minimum absolute atomic E-state index is 0. The Morgan fingerprint density at radius 1 is 1.12 bits per heavy atom. The van der Waals surface area contributed by atoms with E-state index in [1.807, 2.05) is 42.5 Å². The molecule has 0 aliphatic heterocycles. The molecule has 3 rings (SSSR count). The smallest absolute Gasteiger partial charge is 0.221 e. The van der Waals surface area contributed by atoms with Gasteiger partial charge in [0.2, 0.25) is 5.95 Å². The number of terminal acetylenes is 1. The van der Waals surface area contributed by atoms with Gasteiger partial charge in [-0.05, 0) is 24.3 Å². The van der Waals surface area contributed by atoms with Crippen LogP contribution in [-0.2, 0) is 4.74 Å². The number of nitrogens with two attached hydrogens (primary N) is 1. The highest BCUT2D eigenvalue weighted by atomic mass is 35.5. The van der Waals surface area contributed by atoms with Crippen LogP contribution in [0.25, 0.3) is 22.2 Å². The van der Waals surface area contributed by atoms with Gasteiger partial charge in [0, 0.05) is 18.2 Å². The van der Waals surface area contributed by atoms with E-state index < -0.39 is 0 Å². The highest BCUT2D eigenvalue weighted by molar-refractivity contribution is 5.97. The molecule has 0 fully saturated rings. The summed E-state index contributed by atoms with van der Waals surface area (Å²) in [5.74, 6) is 3.53. The quantitative estimate of drug-likeness (QED) is 0.561. The van der Waals surface area contributed by atoms with E-state index in [9.17, 15) is 0 Å². The molecule has 3 aromatic rings. The maximum absolute atomic E-state index is 5.88. The molecule has 0 amide bonds. The second kappa shape index (κ2) is 8.34. The van der Waals surface area contributed by atoms with Crippen molar-refractivity contribution in [2.45, 2.75) is 0 Å². The van der Waals surface area contributed by atoms with Crippen molar-refractivity contribution in [1.29, 1.82) is 0 Å². The van der Waals surface area contributed by atoms with Crippen LogP contribution >= 0.6 is 12.4 Å². The fourth-order valence-electron chi connectivity index (χ4n) is 2.49.